The van der Waals surface area contributed by atoms with Crippen LogP contribution >= 0.6 is 0 Å². The lowest BCUT2D eigenvalue weighted by Crippen LogP contribution is -2.32. The van der Waals surface area contributed by atoms with Crippen LogP contribution < -0.4 is 10.2 Å². The van der Waals surface area contributed by atoms with Crippen molar-refractivity contribution >= 4 is 11.8 Å². The molecule has 0 saturated heterocycles. The largest absolute Gasteiger partial charge is 0.389 e. The Morgan fingerprint density at radius 2 is 2.33 bits per heavy atom. The zero-order valence-electron chi connectivity index (χ0n) is 11.3. The third-order valence-electron chi connectivity index (χ3n) is 2.41. The van der Waals surface area contributed by atoms with Gasteiger partial charge in [0.05, 0.1) is 12.7 Å². The van der Waals surface area contributed by atoms with Crippen LogP contribution in [0.1, 0.15) is 13.3 Å². The summed E-state index contributed by atoms with van der Waals surface area (Å²) < 4.78 is 4.90. The molecule has 0 spiro atoms. The van der Waals surface area contributed by atoms with Crippen LogP contribution in [-0.2, 0) is 4.74 Å². The molecule has 1 atom stereocenters. The molecule has 0 radical (unpaired) electrons. The highest BCUT2D eigenvalue weighted by atomic mass is 16.5. The molecule has 1 rings (SSSR count). The van der Waals surface area contributed by atoms with E-state index in [4.69, 9.17) is 4.74 Å². The average molecular weight is 254 g/mol. The van der Waals surface area contributed by atoms with Crippen molar-refractivity contribution < 1.29 is 9.84 Å². The molecule has 2 N–H and O–H groups in total. The summed E-state index contributed by atoms with van der Waals surface area (Å²) in [5.41, 5.74) is 0. The molecule has 1 unspecified atom stereocenters. The van der Waals surface area contributed by atoms with Crippen molar-refractivity contribution in [3.63, 3.8) is 0 Å². The summed E-state index contributed by atoms with van der Waals surface area (Å²) in [7, 11) is 3.45. The van der Waals surface area contributed by atoms with Crippen molar-refractivity contribution in [2.75, 3.05) is 44.1 Å². The van der Waals surface area contributed by atoms with Gasteiger partial charge >= 0.3 is 0 Å². The SMILES string of the molecule is CCCNc1nccc(N(C)CC(O)COC)n1. The molecule has 0 saturated carbocycles. The molecule has 102 valence electrons. The van der Waals surface area contributed by atoms with Gasteiger partial charge in [-0.3, -0.25) is 0 Å². The topological polar surface area (TPSA) is 70.5 Å². The maximum Gasteiger partial charge on any atom is 0.224 e. The van der Waals surface area contributed by atoms with Gasteiger partial charge in [-0.1, -0.05) is 6.92 Å². The third-order valence-corrected chi connectivity index (χ3v) is 2.41. The van der Waals surface area contributed by atoms with Gasteiger partial charge in [-0.2, -0.15) is 4.98 Å². The van der Waals surface area contributed by atoms with E-state index in [1.807, 2.05) is 18.0 Å². The van der Waals surface area contributed by atoms with E-state index in [9.17, 15) is 5.11 Å². The predicted molar refractivity (Wildman–Crippen MR) is 72.0 cm³/mol. The molecule has 6 nitrogen and oxygen atoms in total. The van der Waals surface area contributed by atoms with Gasteiger partial charge < -0.3 is 20.1 Å². The lowest BCUT2D eigenvalue weighted by Gasteiger charge is -2.21. The highest BCUT2D eigenvalue weighted by Gasteiger charge is 2.10. The molecular formula is C12H22N4O2. The lowest BCUT2D eigenvalue weighted by atomic mass is 10.3. The molecular weight excluding hydrogens is 232 g/mol. The number of hydrogen-bond acceptors (Lipinski definition) is 6. The number of aromatic nitrogens is 2. The summed E-state index contributed by atoms with van der Waals surface area (Å²) in [6.45, 7) is 3.72. The van der Waals surface area contributed by atoms with Crippen LogP contribution in [0.15, 0.2) is 12.3 Å². The second-order valence-corrected chi connectivity index (χ2v) is 4.15. The van der Waals surface area contributed by atoms with Gasteiger partial charge in [-0.15, -0.1) is 0 Å². The van der Waals surface area contributed by atoms with Crippen LogP contribution in [0.3, 0.4) is 0 Å². The zero-order valence-corrected chi connectivity index (χ0v) is 11.3. The monoisotopic (exact) mass is 254 g/mol. The van der Waals surface area contributed by atoms with Gasteiger partial charge in [0.25, 0.3) is 0 Å². The van der Waals surface area contributed by atoms with E-state index >= 15 is 0 Å². The van der Waals surface area contributed by atoms with Gasteiger partial charge in [-0.05, 0) is 12.5 Å². The van der Waals surface area contributed by atoms with E-state index in [0.29, 0.717) is 19.1 Å². The number of anilines is 2. The van der Waals surface area contributed by atoms with Crippen molar-refractivity contribution in [2.24, 2.45) is 0 Å². The van der Waals surface area contributed by atoms with Crippen LogP contribution in [0.5, 0.6) is 0 Å². The fourth-order valence-electron chi connectivity index (χ4n) is 1.54. The molecule has 1 heterocycles. The van der Waals surface area contributed by atoms with Gasteiger partial charge in [0.15, 0.2) is 0 Å². The van der Waals surface area contributed by atoms with Gasteiger partial charge in [0, 0.05) is 33.4 Å². The number of nitrogens with one attached hydrogen (secondary N) is 1. The highest BCUT2D eigenvalue weighted by Crippen LogP contribution is 2.10. The molecule has 0 aliphatic rings. The van der Waals surface area contributed by atoms with Crippen molar-refractivity contribution in [1.82, 2.24) is 9.97 Å². The zero-order chi connectivity index (χ0) is 13.4. The van der Waals surface area contributed by atoms with Gasteiger partial charge in [0.2, 0.25) is 5.95 Å². The molecule has 0 aliphatic heterocycles. The Bertz CT molecular complexity index is 349. The molecule has 0 aromatic carbocycles. The first kappa shape index (κ1) is 14.7. The van der Waals surface area contributed by atoms with E-state index in [1.165, 1.54) is 0 Å². The van der Waals surface area contributed by atoms with E-state index in [2.05, 4.69) is 22.2 Å². The molecule has 18 heavy (non-hydrogen) atoms. The highest BCUT2D eigenvalue weighted by molar-refractivity contribution is 5.41. The normalized spacial score (nSPS) is 12.2. The fraction of sp³-hybridized carbons (Fsp3) is 0.667. The first-order chi connectivity index (χ1) is 8.67. The van der Waals surface area contributed by atoms with E-state index in [1.54, 1.807) is 13.3 Å². The molecule has 0 bridgehead atoms. The van der Waals surface area contributed by atoms with Gasteiger partial charge in [0.1, 0.15) is 5.82 Å². The van der Waals surface area contributed by atoms with Crippen LogP contribution in [0.4, 0.5) is 11.8 Å². The summed E-state index contributed by atoms with van der Waals surface area (Å²) in [5, 5.41) is 12.8. The number of likely N-dealkylation sites (N-methyl/N-ethyl adjacent to an activating group) is 1. The summed E-state index contributed by atoms with van der Waals surface area (Å²) >= 11 is 0. The maximum absolute atomic E-state index is 9.67. The smallest absolute Gasteiger partial charge is 0.224 e. The third kappa shape index (κ3) is 4.85. The Labute approximate surface area is 108 Å². The van der Waals surface area contributed by atoms with Crippen molar-refractivity contribution in [3.05, 3.63) is 12.3 Å². The Balaban J connectivity index is 2.58. The first-order valence-electron chi connectivity index (χ1n) is 6.12. The Morgan fingerprint density at radius 3 is 3.00 bits per heavy atom. The average Bonchev–Trinajstić information content (AvgIpc) is 2.37. The summed E-state index contributed by atoms with van der Waals surface area (Å²) in [4.78, 5) is 10.4. The second kappa shape index (κ2) is 7.84. The Morgan fingerprint density at radius 1 is 1.56 bits per heavy atom. The number of rotatable bonds is 8. The minimum Gasteiger partial charge on any atom is -0.389 e. The number of methoxy groups -OCH3 is 1. The number of hydrogen-bond donors (Lipinski definition) is 2. The first-order valence-corrected chi connectivity index (χ1v) is 6.12. The lowest BCUT2D eigenvalue weighted by molar-refractivity contribution is 0.0694. The molecule has 0 amide bonds. The van der Waals surface area contributed by atoms with Crippen LogP contribution in [0.25, 0.3) is 0 Å². The fourth-order valence-corrected chi connectivity index (χ4v) is 1.54. The summed E-state index contributed by atoms with van der Waals surface area (Å²) in [5.74, 6) is 1.39. The van der Waals surface area contributed by atoms with E-state index in [-0.39, 0.29) is 0 Å². The van der Waals surface area contributed by atoms with E-state index in [0.717, 1.165) is 18.8 Å². The van der Waals surface area contributed by atoms with Crippen molar-refractivity contribution in [3.8, 4) is 0 Å². The number of aliphatic hydroxyl groups is 1. The van der Waals surface area contributed by atoms with Crippen molar-refractivity contribution in [2.45, 2.75) is 19.4 Å². The molecule has 0 aliphatic carbocycles. The molecule has 0 fully saturated rings. The minimum atomic E-state index is -0.526. The van der Waals surface area contributed by atoms with Crippen molar-refractivity contribution in [1.29, 1.82) is 0 Å². The summed E-state index contributed by atoms with van der Waals surface area (Å²) in [6, 6.07) is 1.82. The van der Waals surface area contributed by atoms with Crippen LogP contribution in [0.2, 0.25) is 0 Å². The standard InChI is InChI=1S/C12H22N4O2/c1-4-6-13-12-14-7-5-11(15-12)16(2)8-10(17)9-18-3/h5,7,10,17H,4,6,8-9H2,1-3H3,(H,13,14,15). The van der Waals surface area contributed by atoms with Crippen LogP contribution in [-0.4, -0.2) is 55.0 Å². The second-order valence-electron chi connectivity index (χ2n) is 4.15. The van der Waals surface area contributed by atoms with Gasteiger partial charge in [-0.25, -0.2) is 4.98 Å². The minimum absolute atomic E-state index is 0.316. The number of nitrogens with zero attached hydrogens (tertiary/aromatic N) is 3. The Hall–Kier alpha value is -1.40. The molecule has 1 aromatic rings. The summed E-state index contributed by atoms with van der Waals surface area (Å²) in [6.07, 6.45) is 2.21. The predicted octanol–water partition coefficient (Wildman–Crippen LogP) is 0.742. The molecule has 1 aromatic heterocycles. The van der Waals surface area contributed by atoms with Crippen LogP contribution in [0, 0.1) is 0 Å². The maximum atomic E-state index is 9.67. The Kier molecular flexibility index (Phi) is 6.38. The quantitative estimate of drug-likeness (QED) is 0.713. The number of aliphatic hydroxyl groups excluding tert-OH is 1. The number of ether oxygens (including phenoxy) is 1. The molecule has 6 heteroatoms. The van der Waals surface area contributed by atoms with E-state index < -0.39 is 6.10 Å².